The van der Waals surface area contributed by atoms with Crippen LogP contribution in [-0.2, 0) is 0 Å². The summed E-state index contributed by atoms with van der Waals surface area (Å²) in [6.07, 6.45) is 2.54. The Balaban J connectivity index is 2.00. The smallest absolute Gasteiger partial charge is 0.330 e. The van der Waals surface area contributed by atoms with E-state index < -0.39 is 4.92 Å². The summed E-state index contributed by atoms with van der Waals surface area (Å²) >= 11 is 0. The van der Waals surface area contributed by atoms with E-state index in [-0.39, 0.29) is 11.6 Å². The molecule has 0 spiro atoms. The first-order valence-corrected chi connectivity index (χ1v) is 5.20. The van der Waals surface area contributed by atoms with Gasteiger partial charge in [0.05, 0.1) is 11.5 Å². The first kappa shape index (κ1) is 10.8. The molecule has 0 bridgehead atoms. The van der Waals surface area contributed by atoms with Gasteiger partial charge in [-0.15, -0.1) is 0 Å². The van der Waals surface area contributed by atoms with Gasteiger partial charge in [-0.2, -0.15) is 0 Å². The normalized spacial score (nSPS) is 19.6. The molecule has 86 valence electrons. The van der Waals surface area contributed by atoms with Crippen LogP contribution in [-0.4, -0.2) is 29.6 Å². The minimum atomic E-state index is -0.477. The SMILES string of the molecule is O=[N+]([O-])c1cccnc1OCC1CCNC1. The van der Waals surface area contributed by atoms with Crippen LogP contribution in [0.15, 0.2) is 18.3 Å². The van der Waals surface area contributed by atoms with Crippen molar-refractivity contribution in [1.82, 2.24) is 10.3 Å². The summed E-state index contributed by atoms with van der Waals surface area (Å²) in [5.74, 6) is 0.529. The number of aromatic nitrogens is 1. The Labute approximate surface area is 92.8 Å². The number of pyridine rings is 1. The lowest BCUT2D eigenvalue weighted by Crippen LogP contribution is -2.16. The van der Waals surface area contributed by atoms with Gasteiger partial charge >= 0.3 is 5.69 Å². The molecule has 0 radical (unpaired) electrons. The predicted molar refractivity (Wildman–Crippen MR) is 57.4 cm³/mol. The molecule has 1 aromatic rings. The first-order chi connectivity index (χ1) is 7.77. The molecule has 1 N–H and O–H groups in total. The summed E-state index contributed by atoms with van der Waals surface area (Å²) in [7, 11) is 0. The van der Waals surface area contributed by atoms with Gasteiger partial charge in [-0.25, -0.2) is 4.98 Å². The van der Waals surface area contributed by atoms with Gasteiger partial charge in [0.2, 0.25) is 0 Å². The molecule has 0 amide bonds. The fraction of sp³-hybridized carbons (Fsp3) is 0.500. The van der Waals surface area contributed by atoms with Crippen LogP contribution in [0.4, 0.5) is 5.69 Å². The van der Waals surface area contributed by atoms with E-state index >= 15 is 0 Å². The maximum Gasteiger partial charge on any atom is 0.330 e. The summed E-state index contributed by atoms with van der Waals surface area (Å²) in [4.78, 5) is 14.1. The van der Waals surface area contributed by atoms with Crippen LogP contribution in [0.1, 0.15) is 6.42 Å². The average molecular weight is 223 g/mol. The molecule has 1 aliphatic rings. The van der Waals surface area contributed by atoms with Gasteiger partial charge in [0.1, 0.15) is 0 Å². The summed E-state index contributed by atoms with van der Waals surface area (Å²) in [5.41, 5.74) is -0.0755. The van der Waals surface area contributed by atoms with E-state index in [2.05, 4.69) is 10.3 Å². The van der Waals surface area contributed by atoms with Crippen molar-refractivity contribution in [1.29, 1.82) is 0 Å². The number of hydrogen-bond donors (Lipinski definition) is 1. The topological polar surface area (TPSA) is 77.3 Å². The third kappa shape index (κ3) is 2.46. The molecule has 1 aromatic heterocycles. The Hall–Kier alpha value is -1.69. The van der Waals surface area contributed by atoms with Crippen molar-refractivity contribution in [3.8, 4) is 5.88 Å². The van der Waals surface area contributed by atoms with E-state index in [4.69, 9.17) is 4.74 Å². The predicted octanol–water partition coefficient (Wildman–Crippen LogP) is 0.978. The molecule has 1 saturated heterocycles. The Morgan fingerprint density at radius 3 is 3.25 bits per heavy atom. The number of ether oxygens (including phenoxy) is 1. The highest BCUT2D eigenvalue weighted by molar-refractivity contribution is 5.39. The molecule has 1 unspecified atom stereocenters. The van der Waals surface area contributed by atoms with Gasteiger partial charge in [0.15, 0.2) is 0 Å². The number of hydrogen-bond acceptors (Lipinski definition) is 5. The van der Waals surface area contributed by atoms with Crippen LogP contribution >= 0.6 is 0 Å². The average Bonchev–Trinajstić information content (AvgIpc) is 2.79. The summed E-state index contributed by atoms with van der Waals surface area (Å²) < 4.78 is 5.39. The second-order valence-corrected chi connectivity index (χ2v) is 3.75. The van der Waals surface area contributed by atoms with Crippen molar-refractivity contribution in [2.45, 2.75) is 6.42 Å². The zero-order valence-electron chi connectivity index (χ0n) is 8.76. The lowest BCUT2D eigenvalue weighted by molar-refractivity contribution is -0.386. The molecule has 1 aliphatic heterocycles. The van der Waals surface area contributed by atoms with Crippen molar-refractivity contribution in [3.63, 3.8) is 0 Å². The van der Waals surface area contributed by atoms with E-state index in [1.807, 2.05) is 0 Å². The zero-order valence-corrected chi connectivity index (χ0v) is 8.76. The van der Waals surface area contributed by atoms with Crippen molar-refractivity contribution in [2.75, 3.05) is 19.7 Å². The van der Waals surface area contributed by atoms with Crippen LogP contribution in [0.25, 0.3) is 0 Å². The number of nitrogens with one attached hydrogen (secondary N) is 1. The van der Waals surface area contributed by atoms with Crippen LogP contribution in [0.2, 0.25) is 0 Å². The second kappa shape index (κ2) is 4.89. The van der Waals surface area contributed by atoms with E-state index in [9.17, 15) is 10.1 Å². The maximum atomic E-state index is 10.7. The molecule has 1 atom stereocenters. The highest BCUT2D eigenvalue weighted by Gasteiger charge is 2.19. The van der Waals surface area contributed by atoms with Crippen molar-refractivity contribution in [3.05, 3.63) is 28.4 Å². The van der Waals surface area contributed by atoms with Gasteiger partial charge in [-0.3, -0.25) is 10.1 Å². The minimum absolute atomic E-state index is 0.0755. The zero-order chi connectivity index (χ0) is 11.4. The molecule has 6 nitrogen and oxygen atoms in total. The van der Waals surface area contributed by atoms with E-state index in [1.165, 1.54) is 18.3 Å². The Morgan fingerprint density at radius 1 is 1.69 bits per heavy atom. The molecule has 0 saturated carbocycles. The Kier molecular flexibility index (Phi) is 3.31. The van der Waals surface area contributed by atoms with Gasteiger partial charge in [-0.05, 0) is 19.0 Å². The summed E-state index contributed by atoms with van der Waals surface area (Å²) in [5, 5.41) is 13.9. The summed E-state index contributed by atoms with van der Waals surface area (Å²) in [6, 6.07) is 2.93. The molecule has 2 rings (SSSR count). The fourth-order valence-corrected chi connectivity index (χ4v) is 1.69. The lowest BCUT2D eigenvalue weighted by Gasteiger charge is -2.09. The highest BCUT2D eigenvalue weighted by Crippen LogP contribution is 2.23. The maximum absolute atomic E-state index is 10.7. The summed E-state index contributed by atoms with van der Waals surface area (Å²) in [6.45, 7) is 2.36. The van der Waals surface area contributed by atoms with E-state index in [1.54, 1.807) is 0 Å². The molecular weight excluding hydrogens is 210 g/mol. The Morgan fingerprint density at radius 2 is 2.56 bits per heavy atom. The van der Waals surface area contributed by atoms with Gasteiger partial charge in [0, 0.05) is 24.7 Å². The number of nitro groups is 1. The number of nitrogens with zero attached hydrogens (tertiary/aromatic N) is 2. The van der Waals surface area contributed by atoms with Crippen molar-refractivity contribution >= 4 is 5.69 Å². The molecule has 0 aliphatic carbocycles. The van der Waals surface area contributed by atoms with Gasteiger partial charge in [0.25, 0.3) is 5.88 Å². The van der Waals surface area contributed by atoms with E-state index in [0.717, 1.165) is 19.5 Å². The van der Waals surface area contributed by atoms with Crippen LogP contribution < -0.4 is 10.1 Å². The molecule has 16 heavy (non-hydrogen) atoms. The van der Waals surface area contributed by atoms with Crippen LogP contribution in [0.3, 0.4) is 0 Å². The quantitative estimate of drug-likeness (QED) is 0.608. The van der Waals surface area contributed by atoms with Crippen molar-refractivity contribution in [2.24, 2.45) is 5.92 Å². The van der Waals surface area contributed by atoms with E-state index in [0.29, 0.717) is 12.5 Å². The number of rotatable bonds is 4. The minimum Gasteiger partial charge on any atom is -0.472 e. The monoisotopic (exact) mass is 223 g/mol. The molecular formula is C10H13N3O3. The largest absolute Gasteiger partial charge is 0.472 e. The molecule has 2 heterocycles. The molecule has 0 aromatic carbocycles. The van der Waals surface area contributed by atoms with Crippen LogP contribution in [0.5, 0.6) is 5.88 Å². The molecule has 6 heteroatoms. The fourth-order valence-electron chi connectivity index (χ4n) is 1.69. The second-order valence-electron chi connectivity index (χ2n) is 3.75. The standard InChI is InChI=1S/C10H13N3O3/c14-13(15)9-2-1-4-12-10(9)16-7-8-3-5-11-6-8/h1-2,4,8,11H,3,5-7H2. The van der Waals surface area contributed by atoms with Gasteiger partial charge < -0.3 is 10.1 Å². The van der Waals surface area contributed by atoms with Crippen LogP contribution in [0, 0.1) is 16.0 Å². The van der Waals surface area contributed by atoms with Gasteiger partial charge in [-0.1, -0.05) is 0 Å². The third-order valence-corrected chi connectivity index (χ3v) is 2.57. The Bertz CT molecular complexity index is 377. The first-order valence-electron chi connectivity index (χ1n) is 5.20. The van der Waals surface area contributed by atoms with Crippen molar-refractivity contribution < 1.29 is 9.66 Å². The third-order valence-electron chi connectivity index (χ3n) is 2.57. The molecule has 1 fully saturated rings. The lowest BCUT2D eigenvalue weighted by atomic mass is 10.1. The highest BCUT2D eigenvalue weighted by atomic mass is 16.6.